The van der Waals surface area contributed by atoms with Crippen molar-refractivity contribution in [1.82, 2.24) is 9.38 Å². The van der Waals surface area contributed by atoms with Crippen molar-refractivity contribution in [2.75, 3.05) is 24.7 Å². The zero-order chi connectivity index (χ0) is 12.4. The molecule has 0 amide bonds. The van der Waals surface area contributed by atoms with Crippen LogP contribution >= 0.6 is 0 Å². The fraction of sp³-hybridized carbons (Fsp3) is 0.462. The highest BCUT2D eigenvalue weighted by atomic mass is 15.1. The van der Waals surface area contributed by atoms with Crippen LogP contribution in [0.25, 0.3) is 5.65 Å². The van der Waals surface area contributed by atoms with Gasteiger partial charge in [0.1, 0.15) is 11.5 Å². The molecule has 0 aliphatic heterocycles. The Bertz CT molecular complexity index is 513. The van der Waals surface area contributed by atoms with E-state index in [9.17, 15) is 0 Å². The first kappa shape index (κ1) is 11.8. The Balaban J connectivity index is 2.43. The van der Waals surface area contributed by atoms with Gasteiger partial charge in [0, 0.05) is 20.3 Å². The number of unbranched alkanes of at least 4 members (excludes halogenated alkanes) is 1. The van der Waals surface area contributed by atoms with E-state index in [0.29, 0.717) is 0 Å². The summed E-state index contributed by atoms with van der Waals surface area (Å²) < 4.78 is 1.97. The molecule has 0 saturated heterocycles. The Hall–Kier alpha value is -1.71. The summed E-state index contributed by atoms with van der Waals surface area (Å²) in [6.45, 7) is 2.18. The van der Waals surface area contributed by atoms with Crippen molar-refractivity contribution in [3.8, 4) is 0 Å². The highest BCUT2D eigenvalue weighted by molar-refractivity contribution is 5.58. The number of hydrogen-bond donors (Lipinski definition) is 1. The lowest BCUT2D eigenvalue weighted by atomic mass is 10.2. The molecule has 0 bridgehead atoms. The molecule has 0 fully saturated rings. The normalized spacial score (nSPS) is 11.0. The second-order valence-corrected chi connectivity index (χ2v) is 4.56. The molecule has 0 atom stereocenters. The van der Waals surface area contributed by atoms with E-state index < -0.39 is 0 Å². The van der Waals surface area contributed by atoms with Gasteiger partial charge in [-0.2, -0.15) is 0 Å². The first-order chi connectivity index (χ1) is 8.13. The summed E-state index contributed by atoms with van der Waals surface area (Å²) in [5, 5.41) is 0. The van der Waals surface area contributed by atoms with Crippen LogP contribution in [0.2, 0.25) is 0 Å². The Morgan fingerprint density at radius 3 is 2.76 bits per heavy atom. The molecule has 92 valence electrons. The summed E-state index contributed by atoms with van der Waals surface area (Å²) in [5.74, 6) is 0.775. The van der Waals surface area contributed by atoms with Gasteiger partial charge in [-0.15, -0.1) is 0 Å². The number of nitrogens with two attached hydrogens (primary N) is 1. The summed E-state index contributed by atoms with van der Waals surface area (Å²) in [5.41, 5.74) is 9.21. The number of rotatable bonds is 4. The summed E-state index contributed by atoms with van der Waals surface area (Å²) in [7, 11) is 4.04. The number of pyridine rings is 1. The highest BCUT2D eigenvalue weighted by Crippen LogP contribution is 2.20. The first-order valence-corrected chi connectivity index (χ1v) is 6.07. The van der Waals surface area contributed by atoms with Crippen LogP contribution in [0.3, 0.4) is 0 Å². The van der Waals surface area contributed by atoms with E-state index in [1.54, 1.807) is 0 Å². The van der Waals surface area contributed by atoms with Gasteiger partial charge in [0.15, 0.2) is 0 Å². The maximum Gasteiger partial charge on any atom is 0.138 e. The lowest BCUT2D eigenvalue weighted by Gasteiger charge is -2.12. The van der Waals surface area contributed by atoms with Gasteiger partial charge in [0.2, 0.25) is 0 Å². The van der Waals surface area contributed by atoms with Crippen LogP contribution in [0.4, 0.5) is 11.5 Å². The third-order valence-corrected chi connectivity index (χ3v) is 3.00. The van der Waals surface area contributed by atoms with Crippen molar-refractivity contribution in [3.05, 3.63) is 24.0 Å². The summed E-state index contributed by atoms with van der Waals surface area (Å²) >= 11 is 0. The molecule has 0 aromatic carbocycles. The van der Waals surface area contributed by atoms with E-state index in [1.807, 2.05) is 30.8 Å². The predicted molar refractivity (Wildman–Crippen MR) is 72.5 cm³/mol. The molecule has 2 rings (SSSR count). The Labute approximate surface area is 102 Å². The molecular weight excluding hydrogens is 212 g/mol. The second-order valence-electron chi connectivity index (χ2n) is 4.56. The minimum Gasteiger partial charge on any atom is -0.383 e. The zero-order valence-corrected chi connectivity index (χ0v) is 10.8. The molecule has 4 heteroatoms. The Morgan fingerprint density at radius 1 is 1.35 bits per heavy atom. The van der Waals surface area contributed by atoms with Crippen LogP contribution in [0.1, 0.15) is 25.5 Å². The van der Waals surface area contributed by atoms with E-state index in [4.69, 9.17) is 5.73 Å². The van der Waals surface area contributed by atoms with Gasteiger partial charge in [-0.25, -0.2) is 4.98 Å². The van der Waals surface area contributed by atoms with Crippen molar-refractivity contribution in [2.45, 2.75) is 26.2 Å². The number of nitrogen functional groups attached to an aromatic ring is 1. The molecule has 17 heavy (non-hydrogen) atoms. The van der Waals surface area contributed by atoms with Crippen LogP contribution in [0.15, 0.2) is 18.3 Å². The minimum atomic E-state index is 0.775. The predicted octanol–water partition coefficient (Wildman–Crippen LogP) is 2.33. The molecule has 0 aliphatic carbocycles. The quantitative estimate of drug-likeness (QED) is 0.880. The Kier molecular flexibility index (Phi) is 3.22. The van der Waals surface area contributed by atoms with Crippen LogP contribution in [0, 0.1) is 0 Å². The number of imidazole rings is 1. The molecule has 2 N–H and O–H groups in total. The highest BCUT2D eigenvalue weighted by Gasteiger charge is 2.09. The average molecular weight is 232 g/mol. The molecular formula is C13H20N4. The number of aryl methyl sites for hydroxylation is 1. The van der Waals surface area contributed by atoms with E-state index in [1.165, 1.54) is 0 Å². The van der Waals surface area contributed by atoms with Gasteiger partial charge in [-0.1, -0.05) is 13.3 Å². The first-order valence-electron chi connectivity index (χ1n) is 6.07. The molecule has 0 unspecified atom stereocenters. The van der Waals surface area contributed by atoms with Gasteiger partial charge in [0.05, 0.1) is 11.4 Å². The van der Waals surface area contributed by atoms with Crippen molar-refractivity contribution < 1.29 is 0 Å². The number of fused-ring (bicyclic) bond motifs is 1. The van der Waals surface area contributed by atoms with Gasteiger partial charge >= 0.3 is 0 Å². The molecule has 0 aliphatic rings. The van der Waals surface area contributed by atoms with Crippen molar-refractivity contribution in [1.29, 1.82) is 0 Å². The van der Waals surface area contributed by atoms with E-state index in [-0.39, 0.29) is 0 Å². The number of nitrogens with zero attached hydrogens (tertiary/aromatic N) is 3. The van der Waals surface area contributed by atoms with E-state index in [0.717, 1.165) is 42.1 Å². The van der Waals surface area contributed by atoms with Crippen molar-refractivity contribution >= 4 is 17.2 Å². The smallest absolute Gasteiger partial charge is 0.138 e. The van der Waals surface area contributed by atoms with Gasteiger partial charge in [-0.3, -0.25) is 4.40 Å². The Morgan fingerprint density at radius 2 is 2.12 bits per heavy atom. The van der Waals surface area contributed by atoms with Gasteiger partial charge in [-0.05, 0) is 25.0 Å². The minimum absolute atomic E-state index is 0.775. The third kappa shape index (κ3) is 2.20. The van der Waals surface area contributed by atoms with Crippen LogP contribution in [-0.2, 0) is 6.42 Å². The van der Waals surface area contributed by atoms with Crippen LogP contribution < -0.4 is 10.6 Å². The van der Waals surface area contributed by atoms with Crippen molar-refractivity contribution in [3.63, 3.8) is 0 Å². The molecule has 0 radical (unpaired) electrons. The fourth-order valence-corrected chi connectivity index (χ4v) is 1.89. The number of aromatic nitrogens is 2. The van der Waals surface area contributed by atoms with E-state index >= 15 is 0 Å². The van der Waals surface area contributed by atoms with Crippen LogP contribution in [0.5, 0.6) is 0 Å². The second kappa shape index (κ2) is 4.65. The zero-order valence-electron chi connectivity index (χ0n) is 10.8. The van der Waals surface area contributed by atoms with Crippen LogP contribution in [-0.4, -0.2) is 23.5 Å². The topological polar surface area (TPSA) is 46.6 Å². The largest absolute Gasteiger partial charge is 0.383 e. The molecule has 2 aromatic rings. The summed E-state index contributed by atoms with van der Waals surface area (Å²) in [6.07, 6.45) is 5.29. The maximum absolute atomic E-state index is 6.13. The average Bonchev–Trinajstić information content (AvgIpc) is 2.63. The molecule has 2 aromatic heterocycles. The maximum atomic E-state index is 6.13. The fourth-order valence-electron chi connectivity index (χ4n) is 1.89. The van der Waals surface area contributed by atoms with Crippen molar-refractivity contribution in [2.24, 2.45) is 0 Å². The summed E-state index contributed by atoms with van der Waals surface area (Å²) in [6, 6.07) is 4.08. The molecule has 0 saturated carbocycles. The lowest BCUT2D eigenvalue weighted by molar-refractivity contribution is 0.783. The monoisotopic (exact) mass is 232 g/mol. The van der Waals surface area contributed by atoms with Gasteiger partial charge < -0.3 is 10.6 Å². The summed E-state index contributed by atoms with van der Waals surface area (Å²) in [4.78, 5) is 6.63. The number of hydrogen-bond acceptors (Lipinski definition) is 3. The van der Waals surface area contributed by atoms with E-state index in [2.05, 4.69) is 22.9 Å². The standard InChI is InChI=1S/C13H20N4/c1-4-5-6-11-13(14)17-9-10(16(2)3)7-8-12(17)15-11/h7-9H,4-6,14H2,1-3H3. The third-order valence-electron chi connectivity index (χ3n) is 3.00. The molecule has 4 nitrogen and oxygen atoms in total. The number of anilines is 2. The van der Waals surface area contributed by atoms with Gasteiger partial charge in [0.25, 0.3) is 0 Å². The SMILES string of the molecule is CCCCc1nc2ccc(N(C)C)cn2c1N. The molecule has 2 heterocycles. The lowest BCUT2D eigenvalue weighted by Crippen LogP contribution is -2.09. The molecule has 0 spiro atoms.